The summed E-state index contributed by atoms with van der Waals surface area (Å²) in [7, 11) is 0. The molecule has 0 N–H and O–H groups in total. The maximum Gasteiger partial charge on any atom is 0.387 e. The maximum atomic E-state index is 11.8. The van der Waals surface area contributed by atoms with Crippen molar-refractivity contribution in [3.05, 3.63) is 21.3 Å². The van der Waals surface area contributed by atoms with Gasteiger partial charge in [0.1, 0.15) is 4.60 Å². The van der Waals surface area contributed by atoms with E-state index in [1.165, 1.54) is 12.3 Å². The van der Waals surface area contributed by atoms with E-state index in [2.05, 4.69) is 41.6 Å². The quantitative estimate of drug-likeness (QED) is 0.783. The lowest BCUT2D eigenvalue weighted by molar-refractivity contribution is -0.0511. The molecule has 0 spiro atoms. The molecule has 0 fully saturated rings. The first-order chi connectivity index (χ1) is 5.61. The SMILES string of the molecule is FC(F)Oc1c(Br)ccnc1Br. The fourth-order valence-electron chi connectivity index (χ4n) is 0.595. The van der Waals surface area contributed by atoms with E-state index in [-0.39, 0.29) is 10.4 Å². The molecule has 0 atom stereocenters. The van der Waals surface area contributed by atoms with Crippen molar-refractivity contribution in [2.24, 2.45) is 0 Å². The average Bonchev–Trinajstić information content (AvgIpc) is 1.97. The van der Waals surface area contributed by atoms with Crippen molar-refractivity contribution < 1.29 is 13.5 Å². The van der Waals surface area contributed by atoms with Gasteiger partial charge in [-0.3, -0.25) is 0 Å². The van der Waals surface area contributed by atoms with E-state index in [1.807, 2.05) is 0 Å². The zero-order chi connectivity index (χ0) is 9.14. The summed E-state index contributed by atoms with van der Waals surface area (Å²) in [6.45, 7) is -2.85. The number of nitrogens with zero attached hydrogens (tertiary/aromatic N) is 1. The lowest BCUT2D eigenvalue weighted by Crippen LogP contribution is -2.03. The molecule has 12 heavy (non-hydrogen) atoms. The zero-order valence-electron chi connectivity index (χ0n) is 5.60. The van der Waals surface area contributed by atoms with Crippen LogP contribution >= 0.6 is 31.9 Å². The Morgan fingerprint density at radius 2 is 2.08 bits per heavy atom. The number of alkyl halides is 2. The summed E-state index contributed by atoms with van der Waals surface area (Å²) in [6, 6.07) is 1.52. The first kappa shape index (κ1) is 9.85. The van der Waals surface area contributed by atoms with Gasteiger partial charge in [-0.05, 0) is 37.9 Å². The minimum atomic E-state index is -2.85. The van der Waals surface area contributed by atoms with E-state index in [0.29, 0.717) is 4.47 Å². The second-order valence-electron chi connectivity index (χ2n) is 1.79. The van der Waals surface area contributed by atoms with Crippen LogP contribution in [0.3, 0.4) is 0 Å². The van der Waals surface area contributed by atoms with Gasteiger partial charge in [0.2, 0.25) is 0 Å². The zero-order valence-corrected chi connectivity index (χ0v) is 8.77. The molecule has 1 rings (SSSR count). The predicted molar refractivity (Wildman–Crippen MR) is 46.3 cm³/mol. The number of hydrogen-bond acceptors (Lipinski definition) is 2. The number of pyridine rings is 1. The van der Waals surface area contributed by atoms with Gasteiger partial charge >= 0.3 is 6.61 Å². The largest absolute Gasteiger partial charge is 0.431 e. The van der Waals surface area contributed by atoms with Gasteiger partial charge in [-0.15, -0.1) is 0 Å². The van der Waals surface area contributed by atoms with Crippen LogP contribution in [-0.4, -0.2) is 11.6 Å². The van der Waals surface area contributed by atoms with Crippen LogP contribution in [0.2, 0.25) is 0 Å². The van der Waals surface area contributed by atoms with Crippen molar-refractivity contribution >= 4 is 31.9 Å². The number of halogens is 4. The fraction of sp³-hybridized carbons (Fsp3) is 0.167. The lowest BCUT2D eigenvalue weighted by atomic mass is 10.5. The van der Waals surface area contributed by atoms with Crippen molar-refractivity contribution in [1.82, 2.24) is 4.98 Å². The first-order valence-electron chi connectivity index (χ1n) is 2.86. The van der Waals surface area contributed by atoms with Crippen LogP contribution in [0.1, 0.15) is 0 Å². The highest BCUT2D eigenvalue weighted by Gasteiger charge is 2.11. The molecule has 1 heterocycles. The highest BCUT2D eigenvalue weighted by atomic mass is 79.9. The highest BCUT2D eigenvalue weighted by molar-refractivity contribution is 9.11. The molecule has 0 saturated carbocycles. The third kappa shape index (κ3) is 2.38. The van der Waals surface area contributed by atoms with Gasteiger partial charge in [0.05, 0.1) is 4.47 Å². The highest BCUT2D eigenvalue weighted by Crippen LogP contribution is 2.32. The molecular formula is C6H3Br2F2NO. The van der Waals surface area contributed by atoms with Gasteiger partial charge in [0.25, 0.3) is 0 Å². The maximum absolute atomic E-state index is 11.8. The molecule has 1 aromatic heterocycles. The summed E-state index contributed by atoms with van der Waals surface area (Å²) < 4.78 is 28.4. The van der Waals surface area contributed by atoms with Crippen LogP contribution in [-0.2, 0) is 0 Å². The van der Waals surface area contributed by atoms with Crippen LogP contribution in [0.25, 0.3) is 0 Å². The van der Waals surface area contributed by atoms with E-state index in [0.717, 1.165) is 0 Å². The second-order valence-corrected chi connectivity index (χ2v) is 3.40. The minimum Gasteiger partial charge on any atom is -0.431 e. The first-order valence-corrected chi connectivity index (χ1v) is 4.44. The van der Waals surface area contributed by atoms with Gasteiger partial charge in [0.15, 0.2) is 5.75 Å². The number of ether oxygens (including phenoxy) is 1. The molecule has 0 unspecified atom stereocenters. The number of rotatable bonds is 2. The summed E-state index contributed by atoms with van der Waals surface area (Å²) in [5.41, 5.74) is 0. The van der Waals surface area contributed by atoms with E-state index in [1.54, 1.807) is 0 Å². The van der Waals surface area contributed by atoms with Crippen molar-refractivity contribution in [3.8, 4) is 5.75 Å². The molecular weight excluding hydrogens is 300 g/mol. The summed E-state index contributed by atoms with van der Waals surface area (Å²) in [5, 5.41) is 0. The average molecular weight is 303 g/mol. The third-order valence-electron chi connectivity index (χ3n) is 1.02. The normalized spacial score (nSPS) is 10.4. The van der Waals surface area contributed by atoms with E-state index in [9.17, 15) is 8.78 Å². The molecule has 0 aromatic carbocycles. The number of aromatic nitrogens is 1. The number of hydrogen-bond donors (Lipinski definition) is 0. The predicted octanol–water partition coefficient (Wildman–Crippen LogP) is 3.21. The van der Waals surface area contributed by atoms with E-state index >= 15 is 0 Å². The van der Waals surface area contributed by atoms with Crippen LogP contribution in [0.15, 0.2) is 21.3 Å². The molecule has 2 nitrogen and oxygen atoms in total. The summed E-state index contributed by atoms with van der Waals surface area (Å²) in [4.78, 5) is 3.72. The van der Waals surface area contributed by atoms with Crippen molar-refractivity contribution in [2.45, 2.75) is 6.61 Å². The monoisotopic (exact) mass is 301 g/mol. The standard InChI is InChI=1S/C6H3Br2F2NO/c7-3-1-2-11-5(8)4(3)12-6(9)10/h1-2,6H. The smallest absolute Gasteiger partial charge is 0.387 e. The molecule has 0 aliphatic rings. The molecule has 1 aromatic rings. The van der Waals surface area contributed by atoms with Crippen molar-refractivity contribution in [2.75, 3.05) is 0 Å². The summed E-state index contributed by atoms with van der Waals surface area (Å²) >= 11 is 6.02. The van der Waals surface area contributed by atoms with Gasteiger partial charge in [-0.1, -0.05) is 0 Å². The Kier molecular flexibility index (Phi) is 3.39. The Morgan fingerprint density at radius 3 is 2.58 bits per heavy atom. The Hall–Kier alpha value is -0.230. The van der Waals surface area contributed by atoms with E-state index < -0.39 is 6.61 Å². The van der Waals surface area contributed by atoms with E-state index in [4.69, 9.17) is 0 Å². The lowest BCUT2D eigenvalue weighted by Gasteiger charge is -2.06. The Morgan fingerprint density at radius 1 is 1.42 bits per heavy atom. The summed E-state index contributed by atoms with van der Waals surface area (Å²) in [5.74, 6) is 0.00694. The fourth-order valence-corrected chi connectivity index (χ4v) is 1.69. The van der Waals surface area contributed by atoms with Gasteiger partial charge in [-0.25, -0.2) is 4.98 Å². The Labute approximate surface area is 84.2 Å². The van der Waals surface area contributed by atoms with Crippen molar-refractivity contribution in [1.29, 1.82) is 0 Å². The molecule has 0 aliphatic heterocycles. The molecule has 0 aliphatic carbocycles. The molecule has 0 bridgehead atoms. The van der Waals surface area contributed by atoms with Crippen molar-refractivity contribution in [3.63, 3.8) is 0 Å². The molecule has 0 radical (unpaired) electrons. The van der Waals surface area contributed by atoms with Crippen LogP contribution in [0.5, 0.6) is 5.75 Å². The second kappa shape index (κ2) is 4.13. The van der Waals surface area contributed by atoms with Crippen LogP contribution in [0.4, 0.5) is 8.78 Å². The topological polar surface area (TPSA) is 22.1 Å². The molecule has 6 heteroatoms. The summed E-state index contributed by atoms with van der Waals surface area (Å²) in [6.07, 6.45) is 1.46. The third-order valence-corrected chi connectivity index (χ3v) is 2.21. The van der Waals surface area contributed by atoms with Gasteiger partial charge in [0, 0.05) is 6.20 Å². The van der Waals surface area contributed by atoms with Crippen LogP contribution < -0.4 is 4.74 Å². The Balaban J connectivity index is 2.96. The Bertz CT molecular complexity index is 262. The van der Waals surface area contributed by atoms with Gasteiger partial charge in [-0.2, -0.15) is 8.78 Å². The molecule has 66 valence electrons. The minimum absolute atomic E-state index is 0.00694. The molecule has 0 saturated heterocycles. The van der Waals surface area contributed by atoms with Crippen LogP contribution in [0, 0.1) is 0 Å². The molecule has 0 amide bonds. The van der Waals surface area contributed by atoms with Gasteiger partial charge < -0.3 is 4.74 Å².